The molecular formula is C17H28N4O2. The van der Waals surface area contributed by atoms with Gasteiger partial charge in [0, 0.05) is 44.4 Å². The van der Waals surface area contributed by atoms with Crippen LogP contribution in [0, 0.1) is 5.92 Å². The summed E-state index contributed by atoms with van der Waals surface area (Å²) in [7, 11) is 1.95. The van der Waals surface area contributed by atoms with Crippen molar-refractivity contribution in [3.63, 3.8) is 0 Å². The Hall–Kier alpha value is -1.40. The van der Waals surface area contributed by atoms with Gasteiger partial charge in [0.25, 0.3) is 0 Å². The summed E-state index contributed by atoms with van der Waals surface area (Å²) < 4.78 is 7.97. The highest BCUT2D eigenvalue weighted by Crippen LogP contribution is 2.36. The lowest BCUT2D eigenvalue weighted by Gasteiger charge is -2.38. The third-order valence-corrected chi connectivity index (χ3v) is 5.01. The Balaban J connectivity index is 1.48. The first kappa shape index (κ1) is 16.5. The van der Waals surface area contributed by atoms with Crippen molar-refractivity contribution in [2.24, 2.45) is 13.0 Å². The van der Waals surface area contributed by atoms with Gasteiger partial charge in [-0.1, -0.05) is 13.8 Å². The quantitative estimate of drug-likeness (QED) is 0.909. The first-order valence-corrected chi connectivity index (χ1v) is 8.60. The Morgan fingerprint density at radius 2 is 2.22 bits per heavy atom. The molecule has 1 N–H and O–H groups in total. The molecule has 6 nitrogen and oxygen atoms in total. The number of aryl methyl sites for hydroxylation is 1. The smallest absolute Gasteiger partial charge is 0.222 e. The number of carbonyl (C=O) groups is 1. The SMILES string of the molecule is CC(C)C(=O)N[C@@H]1COC2(CCN(Cc3cnn(C)c3)CC2)C1. The Morgan fingerprint density at radius 3 is 2.83 bits per heavy atom. The van der Waals surface area contributed by atoms with E-state index in [2.05, 4.69) is 21.5 Å². The van der Waals surface area contributed by atoms with E-state index >= 15 is 0 Å². The molecule has 128 valence electrons. The maximum Gasteiger partial charge on any atom is 0.222 e. The van der Waals surface area contributed by atoms with Gasteiger partial charge < -0.3 is 10.1 Å². The lowest BCUT2D eigenvalue weighted by Crippen LogP contribution is -2.45. The molecule has 1 spiro atoms. The average molecular weight is 320 g/mol. The topological polar surface area (TPSA) is 59.4 Å². The Labute approximate surface area is 138 Å². The molecule has 1 aromatic heterocycles. The molecule has 3 heterocycles. The van der Waals surface area contributed by atoms with Gasteiger partial charge in [0.15, 0.2) is 0 Å². The zero-order chi connectivity index (χ0) is 16.4. The molecule has 3 rings (SSSR count). The van der Waals surface area contributed by atoms with Crippen LogP contribution in [0.2, 0.25) is 0 Å². The van der Waals surface area contributed by atoms with Crippen molar-refractivity contribution in [2.45, 2.75) is 51.3 Å². The summed E-state index contributed by atoms with van der Waals surface area (Å²) in [6, 6.07) is 0.176. The fourth-order valence-corrected chi connectivity index (χ4v) is 3.58. The van der Waals surface area contributed by atoms with Crippen LogP contribution in [0.5, 0.6) is 0 Å². The first-order chi connectivity index (χ1) is 11.0. The van der Waals surface area contributed by atoms with Gasteiger partial charge in [0.1, 0.15) is 0 Å². The molecule has 0 radical (unpaired) electrons. The maximum absolute atomic E-state index is 11.8. The summed E-state index contributed by atoms with van der Waals surface area (Å²) in [6.45, 7) is 7.55. The number of carbonyl (C=O) groups excluding carboxylic acids is 1. The molecule has 2 saturated heterocycles. The monoisotopic (exact) mass is 320 g/mol. The number of aromatic nitrogens is 2. The molecule has 1 aromatic rings. The van der Waals surface area contributed by atoms with Crippen molar-refractivity contribution >= 4 is 5.91 Å². The van der Waals surface area contributed by atoms with Gasteiger partial charge in [0.05, 0.1) is 24.4 Å². The lowest BCUT2D eigenvalue weighted by atomic mass is 9.87. The molecule has 2 aliphatic rings. The number of ether oxygens (including phenoxy) is 1. The van der Waals surface area contributed by atoms with E-state index in [0.29, 0.717) is 6.61 Å². The Kier molecular flexibility index (Phi) is 4.73. The molecule has 2 fully saturated rings. The largest absolute Gasteiger partial charge is 0.373 e. The minimum atomic E-state index is -0.0274. The molecule has 0 bridgehead atoms. The van der Waals surface area contributed by atoms with Gasteiger partial charge in [-0.15, -0.1) is 0 Å². The molecular weight excluding hydrogens is 292 g/mol. The van der Waals surface area contributed by atoms with Gasteiger partial charge in [-0.25, -0.2) is 0 Å². The van der Waals surface area contributed by atoms with Gasteiger partial charge in [-0.3, -0.25) is 14.4 Å². The summed E-state index contributed by atoms with van der Waals surface area (Å²) in [4.78, 5) is 14.3. The normalized spacial score (nSPS) is 24.4. The molecule has 0 aromatic carbocycles. The lowest BCUT2D eigenvalue weighted by molar-refractivity contribution is -0.124. The zero-order valence-electron chi connectivity index (χ0n) is 14.4. The highest BCUT2D eigenvalue weighted by molar-refractivity contribution is 5.78. The predicted octanol–water partition coefficient (Wildman–Crippen LogP) is 1.32. The number of hydrogen-bond acceptors (Lipinski definition) is 4. The standard InChI is InChI=1S/C17H28N4O2/c1-13(2)16(22)19-15-8-17(23-12-15)4-6-21(7-5-17)11-14-9-18-20(3)10-14/h9-10,13,15H,4-8,11-12H2,1-3H3,(H,19,22)/t15-/m0/s1. The van der Waals surface area contributed by atoms with E-state index in [0.717, 1.165) is 38.9 Å². The van der Waals surface area contributed by atoms with E-state index in [9.17, 15) is 4.79 Å². The zero-order valence-corrected chi connectivity index (χ0v) is 14.4. The number of nitrogens with zero attached hydrogens (tertiary/aromatic N) is 3. The molecule has 2 aliphatic heterocycles. The molecule has 0 saturated carbocycles. The molecule has 1 atom stereocenters. The molecule has 1 amide bonds. The van der Waals surface area contributed by atoms with E-state index in [4.69, 9.17) is 4.74 Å². The highest BCUT2D eigenvalue weighted by Gasteiger charge is 2.43. The van der Waals surface area contributed by atoms with E-state index in [1.54, 1.807) is 0 Å². The van der Waals surface area contributed by atoms with Crippen LogP contribution < -0.4 is 5.32 Å². The number of piperidine rings is 1. The fraction of sp³-hybridized carbons (Fsp3) is 0.765. The van der Waals surface area contributed by atoms with E-state index in [1.165, 1.54) is 5.56 Å². The number of likely N-dealkylation sites (tertiary alicyclic amines) is 1. The van der Waals surface area contributed by atoms with Crippen LogP contribution in [0.15, 0.2) is 12.4 Å². The van der Waals surface area contributed by atoms with Crippen LogP contribution in [0.1, 0.15) is 38.7 Å². The average Bonchev–Trinajstić information content (AvgIpc) is 3.09. The van der Waals surface area contributed by atoms with E-state index in [1.807, 2.05) is 31.8 Å². The van der Waals surface area contributed by atoms with Crippen LogP contribution >= 0.6 is 0 Å². The van der Waals surface area contributed by atoms with Gasteiger partial charge in [0.2, 0.25) is 5.91 Å². The first-order valence-electron chi connectivity index (χ1n) is 8.60. The van der Waals surface area contributed by atoms with Crippen molar-refractivity contribution in [3.8, 4) is 0 Å². The maximum atomic E-state index is 11.8. The van der Waals surface area contributed by atoms with Crippen molar-refractivity contribution in [1.82, 2.24) is 20.0 Å². The number of amides is 1. The fourth-order valence-electron chi connectivity index (χ4n) is 3.58. The van der Waals surface area contributed by atoms with Crippen molar-refractivity contribution in [2.75, 3.05) is 19.7 Å². The van der Waals surface area contributed by atoms with Crippen LogP contribution in [-0.4, -0.2) is 51.9 Å². The molecule has 6 heteroatoms. The minimum absolute atomic E-state index is 0.0274. The molecule has 0 aliphatic carbocycles. The Morgan fingerprint density at radius 1 is 1.48 bits per heavy atom. The van der Waals surface area contributed by atoms with Crippen LogP contribution in [0.4, 0.5) is 0 Å². The summed E-state index contributed by atoms with van der Waals surface area (Å²) in [6.07, 6.45) is 7.05. The van der Waals surface area contributed by atoms with Gasteiger partial charge in [-0.2, -0.15) is 5.10 Å². The summed E-state index contributed by atoms with van der Waals surface area (Å²) in [5, 5.41) is 7.34. The summed E-state index contributed by atoms with van der Waals surface area (Å²) in [5.74, 6) is 0.164. The van der Waals surface area contributed by atoms with Crippen molar-refractivity contribution in [1.29, 1.82) is 0 Å². The van der Waals surface area contributed by atoms with Crippen LogP contribution in [0.3, 0.4) is 0 Å². The van der Waals surface area contributed by atoms with E-state index in [-0.39, 0.29) is 23.5 Å². The second-order valence-corrected chi connectivity index (χ2v) is 7.36. The Bertz CT molecular complexity index is 547. The van der Waals surface area contributed by atoms with E-state index < -0.39 is 0 Å². The van der Waals surface area contributed by atoms with Crippen molar-refractivity contribution < 1.29 is 9.53 Å². The third-order valence-electron chi connectivity index (χ3n) is 5.01. The number of nitrogens with one attached hydrogen (secondary N) is 1. The van der Waals surface area contributed by atoms with Crippen LogP contribution in [0.25, 0.3) is 0 Å². The second-order valence-electron chi connectivity index (χ2n) is 7.36. The predicted molar refractivity (Wildman–Crippen MR) is 87.8 cm³/mol. The second kappa shape index (κ2) is 6.61. The van der Waals surface area contributed by atoms with Crippen LogP contribution in [-0.2, 0) is 23.1 Å². The van der Waals surface area contributed by atoms with Crippen molar-refractivity contribution in [3.05, 3.63) is 18.0 Å². The highest BCUT2D eigenvalue weighted by atomic mass is 16.5. The molecule has 0 unspecified atom stereocenters. The minimum Gasteiger partial charge on any atom is -0.373 e. The summed E-state index contributed by atoms with van der Waals surface area (Å²) in [5.41, 5.74) is 1.23. The number of rotatable bonds is 4. The third kappa shape index (κ3) is 3.93. The van der Waals surface area contributed by atoms with Gasteiger partial charge in [-0.05, 0) is 19.3 Å². The number of hydrogen-bond donors (Lipinski definition) is 1. The summed E-state index contributed by atoms with van der Waals surface area (Å²) >= 11 is 0. The van der Waals surface area contributed by atoms with Gasteiger partial charge >= 0.3 is 0 Å². The molecule has 23 heavy (non-hydrogen) atoms.